The standard InChI is InChI=1S/C21H16P/c1-2-15-22-19-13-7-6-11-18(19)21-17(12-8-14-20(21)22)16-9-4-3-5-10-16/h2-15H,1H2/q+1. The topological polar surface area (TPSA) is 0 Å². The van der Waals surface area contributed by atoms with Gasteiger partial charge in [-0.1, -0.05) is 61.2 Å². The summed E-state index contributed by atoms with van der Waals surface area (Å²) in [5.74, 6) is 2.26. The molecule has 3 aromatic carbocycles. The number of hydrogen-bond donors (Lipinski definition) is 0. The van der Waals surface area contributed by atoms with Crippen molar-refractivity contribution >= 4 is 24.0 Å². The van der Waals surface area contributed by atoms with Crippen LogP contribution in [0.25, 0.3) is 22.3 Å². The lowest BCUT2D eigenvalue weighted by Gasteiger charge is -2.06. The summed E-state index contributed by atoms with van der Waals surface area (Å²) in [6.45, 7) is 3.91. The number of benzene rings is 3. The van der Waals surface area contributed by atoms with E-state index in [1.165, 1.54) is 32.9 Å². The highest BCUT2D eigenvalue weighted by atomic mass is 31.1. The summed E-state index contributed by atoms with van der Waals surface area (Å²) < 4.78 is 0. The van der Waals surface area contributed by atoms with Crippen LogP contribution in [0.3, 0.4) is 0 Å². The average Bonchev–Trinajstić information content (AvgIpc) is 2.91. The minimum atomic E-state index is -0.427. The Kier molecular flexibility index (Phi) is 3.25. The molecule has 4 rings (SSSR count). The van der Waals surface area contributed by atoms with Crippen LogP contribution in [0.4, 0.5) is 0 Å². The van der Waals surface area contributed by atoms with E-state index in [1.807, 2.05) is 6.08 Å². The van der Waals surface area contributed by atoms with Gasteiger partial charge in [0, 0.05) is 11.1 Å². The van der Waals surface area contributed by atoms with Gasteiger partial charge < -0.3 is 0 Å². The van der Waals surface area contributed by atoms with Crippen molar-refractivity contribution in [3.63, 3.8) is 0 Å². The fraction of sp³-hybridized carbons (Fsp3) is 0. The van der Waals surface area contributed by atoms with E-state index < -0.39 is 7.55 Å². The Morgan fingerprint density at radius 1 is 0.682 bits per heavy atom. The predicted octanol–water partition coefficient (Wildman–Crippen LogP) is 4.75. The monoisotopic (exact) mass is 299 g/mol. The molecule has 1 aliphatic rings. The Hall–Kier alpha value is -2.43. The van der Waals surface area contributed by atoms with E-state index in [9.17, 15) is 0 Å². The summed E-state index contributed by atoms with van der Waals surface area (Å²) in [7, 11) is -0.427. The molecule has 1 heterocycles. The molecule has 1 heteroatoms. The van der Waals surface area contributed by atoms with Crippen LogP contribution in [0.2, 0.25) is 0 Å². The normalized spacial score (nSPS) is 13.7. The van der Waals surface area contributed by atoms with Crippen molar-refractivity contribution in [2.45, 2.75) is 0 Å². The van der Waals surface area contributed by atoms with E-state index in [-0.39, 0.29) is 0 Å². The van der Waals surface area contributed by atoms with Crippen molar-refractivity contribution in [3.8, 4) is 22.3 Å². The molecule has 0 nitrogen and oxygen atoms in total. The second-order valence-electron chi connectivity index (χ2n) is 5.34. The number of hydrogen-bond acceptors (Lipinski definition) is 0. The Morgan fingerprint density at radius 2 is 1.36 bits per heavy atom. The van der Waals surface area contributed by atoms with Crippen LogP contribution in [-0.4, -0.2) is 5.80 Å². The molecule has 1 aliphatic heterocycles. The molecule has 22 heavy (non-hydrogen) atoms. The summed E-state index contributed by atoms with van der Waals surface area (Å²) in [6.07, 6.45) is 1.94. The molecule has 0 aliphatic carbocycles. The second-order valence-corrected chi connectivity index (χ2v) is 7.34. The molecule has 0 aromatic heterocycles. The first-order valence-electron chi connectivity index (χ1n) is 7.43. The lowest BCUT2D eigenvalue weighted by atomic mass is 9.95. The van der Waals surface area contributed by atoms with E-state index in [1.54, 1.807) is 0 Å². The molecule has 0 fully saturated rings. The summed E-state index contributed by atoms with van der Waals surface area (Å²) in [5.41, 5.74) is 5.38. The molecule has 0 amide bonds. The maximum atomic E-state index is 3.91. The number of rotatable bonds is 2. The van der Waals surface area contributed by atoms with Gasteiger partial charge in [0.2, 0.25) is 0 Å². The molecule has 1 atom stereocenters. The van der Waals surface area contributed by atoms with Gasteiger partial charge >= 0.3 is 0 Å². The van der Waals surface area contributed by atoms with E-state index in [0.717, 1.165) is 0 Å². The predicted molar refractivity (Wildman–Crippen MR) is 99.8 cm³/mol. The molecular formula is C21H16P+. The van der Waals surface area contributed by atoms with Crippen LogP contribution in [0.15, 0.2) is 85.5 Å². The second kappa shape index (κ2) is 5.40. The molecule has 0 N–H and O–H groups in total. The lowest BCUT2D eigenvalue weighted by Crippen LogP contribution is -2.00. The van der Waals surface area contributed by atoms with Crippen LogP contribution in [0.1, 0.15) is 0 Å². The van der Waals surface area contributed by atoms with E-state index >= 15 is 0 Å². The Morgan fingerprint density at radius 3 is 2.18 bits per heavy atom. The summed E-state index contributed by atoms with van der Waals surface area (Å²) in [5, 5.41) is 2.88. The Balaban J connectivity index is 2.07. The van der Waals surface area contributed by atoms with Crippen LogP contribution < -0.4 is 10.6 Å². The van der Waals surface area contributed by atoms with Gasteiger partial charge in [0.15, 0.2) is 18.2 Å². The highest BCUT2D eigenvalue weighted by Gasteiger charge is 2.35. The third kappa shape index (κ3) is 1.96. The van der Waals surface area contributed by atoms with Crippen molar-refractivity contribution in [3.05, 3.63) is 85.5 Å². The van der Waals surface area contributed by atoms with E-state index in [0.29, 0.717) is 0 Å². The molecule has 0 bridgehead atoms. The van der Waals surface area contributed by atoms with Gasteiger partial charge in [0.1, 0.15) is 5.80 Å². The van der Waals surface area contributed by atoms with Crippen LogP contribution in [0.5, 0.6) is 0 Å². The molecule has 3 aromatic rings. The maximum absolute atomic E-state index is 3.91. The zero-order valence-electron chi connectivity index (χ0n) is 12.2. The molecular weight excluding hydrogens is 283 g/mol. The van der Waals surface area contributed by atoms with Gasteiger partial charge in [-0.15, -0.1) is 0 Å². The van der Waals surface area contributed by atoms with Crippen molar-refractivity contribution < 1.29 is 0 Å². The largest absolute Gasteiger partial charge is 0.171 e. The van der Waals surface area contributed by atoms with E-state index in [2.05, 4.69) is 85.2 Å². The fourth-order valence-corrected chi connectivity index (χ4v) is 5.39. The van der Waals surface area contributed by atoms with Gasteiger partial charge in [-0.2, -0.15) is 0 Å². The minimum Gasteiger partial charge on any atom is -0.0953 e. The van der Waals surface area contributed by atoms with Crippen molar-refractivity contribution in [2.24, 2.45) is 0 Å². The fourth-order valence-electron chi connectivity index (χ4n) is 3.17. The molecule has 0 saturated heterocycles. The summed E-state index contributed by atoms with van der Waals surface area (Å²) in [4.78, 5) is 0. The van der Waals surface area contributed by atoms with E-state index in [4.69, 9.17) is 0 Å². The molecule has 0 spiro atoms. The van der Waals surface area contributed by atoms with Gasteiger partial charge in [0.25, 0.3) is 0 Å². The highest BCUT2D eigenvalue weighted by Crippen LogP contribution is 2.42. The SMILES string of the molecule is C=CC=[P+]1c2ccccc2-c2c(-c3ccccc3)cccc21. The van der Waals surface area contributed by atoms with Crippen molar-refractivity contribution in [2.75, 3.05) is 0 Å². The van der Waals surface area contributed by atoms with Gasteiger partial charge in [-0.25, -0.2) is 0 Å². The molecule has 104 valence electrons. The van der Waals surface area contributed by atoms with Gasteiger partial charge in [-0.3, -0.25) is 0 Å². The van der Waals surface area contributed by atoms with Gasteiger partial charge in [0.05, 0.1) is 0 Å². The smallest absolute Gasteiger partial charge is 0.0953 e. The third-order valence-electron chi connectivity index (χ3n) is 4.07. The van der Waals surface area contributed by atoms with Crippen molar-refractivity contribution in [1.82, 2.24) is 0 Å². The molecule has 0 saturated carbocycles. The van der Waals surface area contributed by atoms with Gasteiger partial charge in [-0.05, 0) is 35.4 Å². The maximum Gasteiger partial charge on any atom is 0.171 e. The van der Waals surface area contributed by atoms with Crippen LogP contribution in [-0.2, 0) is 0 Å². The first-order chi connectivity index (χ1) is 10.9. The number of fused-ring (bicyclic) bond motifs is 3. The Labute approximate surface area is 132 Å². The summed E-state index contributed by atoms with van der Waals surface area (Å²) in [6, 6.07) is 26.1. The van der Waals surface area contributed by atoms with Crippen LogP contribution >= 0.6 is 7.55 Å². The minimum absolute atomic E-state index is 0.427. The first kappa shape index (κ1) is 13.2. The first-order valence-corrected chi connectivity index (χ1v) is 8.84. The van der Waals surface area contributed by atoms with Crippen LogP contribution in [0, 0.1) is 0 Å². The summed E-state index contributed by atoms with van der Waals surface area (Å²) >= 11 is 0. The quantitative estimate of drug-likeness (QED) is 0.468. The average molecular weight is 299 g/mol. The van der Waals surface area contributed by atoms with Crippen molar-refractivity contribution in [1.29, 1.82) is 0 Å². The Bertz CT molecular complexity index is 889. The molecule has 1 unspecified atom stereocenters. The zero-order chi connectivity index (χ0) is 14.9. The highest BCUT2D eigenvalue weighted by molar-refractivity contribution is 7.73. The zero-order valence-corrected chi connectivity index (χ0v) is 13.1. The number of allylic oxidation sites excluding steroid dienone is 1. The lowest BCUT2D eigenvalue weighted by molar-refractivity contribution is 1.63. The molecule has 0 radical (unpaired) electrons. The third-order valence-corrected chi connectivity index (χ3v) is 6.38.